The van der Waals surface area contributed by atoms with Crippen LogP contribution in [-0.2, 0) is 6.61 Å². The number of thioether (sulfide) groups is 1. The Labute approximate surface area is 222 Å². The van der Waals surface area contributed by atoms with Gasteiger partial charge < -0.3 is 9.47 Å². The van der Waals surface area contributed by atoms with Gasteiger partial charge in [0.05, 0.1) is 7.11 Å². The predicted octanol–water partition coefficient (Wildman–Crippen LogP) is 6.58. The van der Waals surface area contributed by atoms with Gasteiger partial charge in [-0.25, -0.2) is 0 Å². The van der Waals surface area contributed by atoms with Crippen LogP contribution in [0.1, 0.15) is 22.2 Å². The molecule has 4 aromatic rings. The Hall–Kier alpha value is -3.27. The number of hydrogen-bond acceptors (Lipinski definition) is 7. The maximum Gasteiger partial charge on any atom is 0.220 e. The third-order valence-electron chi connectivity index (χ3n) is 5.35. The molecule has 0 radical (unpaired) electrons. The van der Waals surface area contributed by atoms with Crippen LogP contribution in [0.2, 0.25) is 10.0 Å². The average molecular weight is 545 g/mol. The second kappa shape index (κ2) is 11.6. The fraction of sp³-hybridized carbons (Fsp3) is 0.200. The Kier molecular flexibility index (Phi) is 8.35. The minimum atomic E-state index is -0.486. The lowest BCUT2D eigenvalue weighted by molar-refractivity contribution is -0.479. The van der Waals surface area contributed by atoms with Crippen LogP contribution in [0.5, 0.6) is 11.5 Å². The monoisotopic (exact) mass is 544 g/mol. The summed E-state index contributed by atoms with van der Waals surface area (Å²) in [6.07, 6.45) is 0. The highest BCUT2D eigenvalue weighted by Crippen LogP contribution is 2.37. The van der Waals surface area contributed by atoms with Gasteiger partial charge in [-0.05, 0) is 61.0 Å². The van der Waals surface area contributed by atoms with Crippen molar-refractivity contribution in [2.75, 3.05) is 13.7 Å². The molecule has 0 aliphatic rings. The molecule has 0 amide bonds. The molecule has 11 heteroatoms. The molecule has 0 spiro atoms. The zero-order chi connectivity index (χ0) is 25.7. The van der Waals surface area contributed by atoms with E-state index in [2.05, 4.69) is 10.2 Å². The molecule has 0 saturated heterocycles. The summed E-state index contributed by atoms with van der Waals surface area (Å²) >= 11 is 13.4. The molecule has 0 fully saturated rings. The number of hydrogen-bond donors (Lipinski definition) is 0. The quantitative estimate of drug-likeness (QED) is 0.126. The standard InChI is InChI=1S/C25H22Cl2N4O4S/c1-16-28-29-25(31(16)20-7-11-21(34-2)12-8-20)36-24(14-30(32)33)17-4-9-22(10-5-17)35-15-18-3-6-19(26)13-23(18)27/h3-13,24H,14-15H2,1-2H3/t24-/m0/s1. The van der Waals surface area contributed by atoms with E-state index in [1.807, 2.05) is 54.0 Å². The van der Waals surface area contributed by atoms with Crippen molar-refractivity contribution in [1.29, 1.82) is 0 Å². The molecular formula is C25H22Cl2N4O4S. The first kappa shape index (κ1) is 25.8. The minimum absolute atomic E-state index is 0.271. The summed E-state index contributed by atoms with van der Waals surface area (Å²) < 4.78 is 12.9. The maximum absolute atomic E-state index is 11.5. The summed E-state index contributed by atoms with van der Waals surface area (Å²) in [5, 5.41) is 21.1. The number of aryl methyl sites for hydroxylation is 1. The fourth-order valence-corrected chi connectivity index (χ4v) is 5.14. The molecule has 0 aliphatic carbocycles. The summed E-state index contributed by atoms with van der Waals surface area (Å²) in [6, 6.07) is 19.9. The molecule has 4 rings (SSSR count). The zero-order valence-corrected chi connectivity index (χ0v) is 21.8. The van der Waals surface area contributed by atoms with E-state index in [1.54, 1.807) is 31.4 Å². The molecular weight excluding hydrogens is 523 g/mol. The topological polar surface area (TPSA) is 92.3 Å². The average Bonchev–Trinajstić information content (AvgIpc) is 3.23. The lowest BCUT2D eigenvalue weighted by Crippen LogP contribution is -2.11. The van der Waals surface area contributed by atoms with Crippen molar-refractivity contribution in [3.05, 3.63) is 104 Å². The maximum atomic E-state index is 11.5. The first-order valence-corrected chi connectivity index (χ1v) is 12.5. The van der Waals surface area contributed by atoms with Gasteiger partial charge in [0, 0.05) is 26.2 Å². The normalized spacial score (nSPS) is 11.8. The van der Waals surface area contributed by atoms with Crippen LogP contribution < -0.4 is 9.47 Å². The molecule has 0 unspecified atom stereocenters. The Balaban J connectivity index is 1.52. The van der Waals surface area contributed by atoms with Gasteiger partial charge in [-0.15, -0.1) is 10.2 Å². The first-order valence-electron chi connectivity index (χ1n) is 10.9. The number of nitrogens with zero attached hydrogens (tertiary/aromatic N) is 4. The number of aromatic nitrogens is 3. The van der Waals surface area contributed by atoms with E-state index in [0.717, 1.165) is 22.6 Å². The van der Waals surface area contributed by atoms with Gasteiger partial charge >= 0.3 is 0 Å². The number of ether oxygens (including phenoxy) is 2. The second-order valence-electron chi connectivity index (χ2n) is 7.78. The molecule has 0 bridgehead atoms. The first-order chi connectivity index (χ1) is 17.3. The van der Waals surface area contributed by atoms with Crippen LogP contribution in [0.15, 0.2) is 71.9 Å². The van der Waals surface area contributed by atoms with Crippen molar-refractivity contribution < 1.29 is 14.4 Å². The summed E-state index contributed by atoms with van der Waals surface area (Å²) in [6.45, 7) is 1.83. The van der Waals surface area contributed by atoms with Crippen LogP contribution in [0.3, 0.4) is 0 Å². The Morgan fingerprint density at radius 1 is 1.03 bits per heavy atom. The third kappa shape index (κ3) is 6.29. The van der Waals surface area contributed by atoms with E-state index < -0.39 is 5.25 Å². The van der Waals surface area contributed by atoms with Crippen LogP contribution >= 0.6 is 35.0 Å². The Morgan fingerprint density at radius 2 is 1.72 bits per heavy atom. The van der Waals surface area contributed by atoms with Crippen molar-refractivity contribution in [3.8, 4) is 17.2 Å². The molecule has 0 saturated carbocycles. The van der Waals surface area contributed by atoms with E-state index >= 15 is 0 Å². The van der Waals surface area contributed by atoms with Gasteiger partial charge in [0.2, 0.25) is 6.54 Å². The number of benzene rings is 3. The molecule has 186 valence electrons. The number of methoxy groups -OCH3 is 1. The van der Waals surface area contributed by atoms with Crippen LogP contribution in [0, 0.1) is 17.0 Å². The van der Waals surface area contributed by atoms with Crippen molar-refractivity contribution in [2.24, 2.45) is 0 Å². The van der Waals surface area contributed by atoms with E-state index in [0.29, 0.717) is 26.8 Å². The molecule has 36 heavy (non-hydrogen) atoms. The molecule has 0 N–H and O–H groups in total. The third-order valence-corrected chi connectivity index (χ3v) is 7.12. The van der Waals surface area contributed by atoms with Crippen molar-refractivity contribution in [2.45, 2.75) is 23.9 Å². The highest BCUT2D eigenvalue weighted by atomic mass is 35.5. The van der Waals surface area contributed by atoms with Crippen LogP contribution in [0.4, 0.5) is 0 Å². The zero-order valence-electron chi connectivity index (χ0n) is 19.4. The molecule has 8 nitrogen and oxygen atoms in total. The second-order valence-corrected chi connectivity index (χ2v) is 9.79. The molecule has 3 aromatic carbocycles. The van der Waals surface area contributed by atoms with Gasteiger partial charge in [-0.3, -0.25) is 14.7 Å². The van der Waals surface area contributed by atoms with Crippen LogP contribution in [0.25, 0.3) is 5.69 Å². The largest absolute Gasteiger partial charge is 0.497 e. The summed E-state index contributed by atoms with van der Waals surface area (Å²) in [4.78, 5) is 11.1. The molecule has 1 aromatic heterocycles. The smallest absolute Gasteiger partial charge is 0.220 e. The van der Waals surface area contributed by atoms with Crippen molar-refractivity contribution in [1.82, 2.24) is 14.8 Å². The molecule has 1 atom stereocenters. The summed E-state index contributed by atoms with van der Waals surface area (Å²) in [5.74, 6) is 2.02. The predicted molar refractivity (Wildman–Crippen MR) is 140 cm³/mol. The minimum Gasteiger partial charge on any atom is -0.497 e. The van der Waals surface area contributed by atoms with Crippen molar-refractivity contribution in [3.63, 3.8) is 0 Å². The van der Waals surface area contributed by atoms with E-state index in [1.165, 1.54) is 11.8 Å². The van der Waals surface area contributed by atoms with E-state index in [4.69, 9.17) is 32.7 Å². The Morgan fingerprint density at radius 3 is 2.36 bits per heavy atom. The molecule has 1 heterocycles. The number of halogens is 2. The van der Waals surface area contributed by atoms with Gasteiger partial charge in [-0.2, -0.15) is 0 Å². The lowest BCUT2D eigenvalue weighted by Gasteiger charge is -2.15. The SMILES string of the molecule is COc1ccc(-n2c(C)nnc2S[C@@H](C[N+](=O)[O-])c2ccc(OCc3ccc(Cl)cc3Cl)cc2)cc1. The summed E-state index contributed by atoms with van der Waals surface area (Å²) in [7, 11) is 1.60. The highest BCUT2D eigenvalue weighted by Gasteiger charge is 2.24. The van der Waals surface area contributed by atoms with E-state index in [9.17, 15) is 10.1 Å². The lowest BCUT2D eigenvalue weighted by atomic mass is 10.1. The van der Waals surface area contributed by atoms with Crippen molar-refractivity contribution >= 4 is 35.0 Å². The number of nitro groups is 1. The van der Waals surface area contributed by atoms with Crippen LogP contribution in [-0.4, -0.2) is 33.3 Å². The van der Waals surface area contributed by atoms with Gasteiger partial charge in [-0.1, -0.05) is 53.2 Å². The summed E-state index contributed by atoms with van der Waals surface area (Å²) in [5.41, 5.74) is 2.42. The molecule has 0 aliphatic heterocycles. The fourth-order valence-electron chi connectivity index (χ4n) is 3.50. The number of rotatable bonds is 10. The highest BCUT2D eigenvalue weighted by molar-refractivity contribution is 7.99. The van der Waals surface area contributed by atoms with Gasteiger partial charge in [0.25, 0.3) is 0 Å². The Bertz CT molecular complexity index is 1350. The van der Waals surface area contributed by atoms with Gasteiger partial charge in [0.15, 0.2) is 5.16 Å². The van der Waals surface area contributed by atoms with Gasteiger partial charge in [0.1, 0.15) is 29.2 Å². The van der Waals surface area contributed by atoms with E-state index in [-0.39, 0.29) is 18.1 Å².